The number of hydrogen-bond donors (Lipinski definition) is 1. The van der Waals surface area contributed by atoms with Gasteiger partial charge in [0.15, 0.2) is 0 Å². The lowest BCUT2D eigenvalue weighted by Gasteiger charge is -2.21. The van der Waals surface area contributed by atoms with Crippen molar-refractivity contribution in [3.8, 4) is 0 Å². The van der Waals surface area contributed by atoms with Gasteiger partial charge in [-0.05, 0) is 26.7 Å². The van der Waals surface area contributed by atoms with Crippen LogP contribution in [-0.2, 0) is 22.0 Å². The molecule has 1 saturated carbocycles. The summed E-state index contributed by atoms with van der Waals surface area (Å²) in [5.41, 5.74) is 8.95. The van der Waals surface area contributed by atoms with E-state index in [1.54, 1.807) is 0 Å². The minimum atomic E-state index is -0.589. The van der Waals surface area contributed by atoms with E-state index < -0.39 is 6.04 Å². The summed E-state index contributed by atoms with van der Waals surface area (Å²) in [6, 6.07) is -0.589. The highest BCUT2D eigenvalue weighted by Crippen LogP contribution is 2.52. The molecular formula is C12H19N3O2. The maximum absolute atomic E-state index is 11.6. The molecule has 94 valence electrons. The molecule has 5 nitrogen and oxygen atoms in total. The van der Waals surface area contributed by atoms with Crippen molar-refractivity contribution in [1.29, 1.82) is 0 Å². The van der Waals surface area contributed by atoms with Crippen LogP contribution in [0.5, 0.6) is 0 Å². The van der Waals surface area contributed by atoms with Crippen molar-refractivity contribution in [2.45, 2.75) is 38.1 Å². The standard InChI is InChI=1S/C12H19N3O2/c1-7-9(8(2)15(3)14-7)12(5-6-12)10(13)11(16)17-4/h10H,5-6,13H2,1-4H3. The second-order valence-electron chi connectivity index (χ2n) is 4.83. The highest BCUT2D eigenvalue weighted by Gasteiger charge is 2.55. The third-order valence-corrected chi connectivity index (χ3v) is 3.85. The fraction of sp³-hybridized carbons (Fsp3) is 0.667. The molecule has 0 spiro atoms. The lowest BCUT2D eigenvalue weighted by Crippen LogP contribution is -2.43. The summed E-state index contributed by atoms with van der Waals surface area (Å²) in [6.45, 7) is 3.98. The van der Waals surface area contributed by atoms with E-state index in [0.29, 0.717) is 0 Å². The van der Waals surface area contributed by atoms with Crippen molar-refractivity contribution in [1.82, 2.24) is 9.78 Å². The molecule has 1 aromatic rings. The Hall–Kier alpha value is -1.36. The van der Waals surface area contributed by atoms with Gasteiger partial charge in [-0.3, -0.25) is 9.48 Å². The van der Waals surface area contributed by atoms with Crippen LogP contribution >= 0.6 is 0 Å². The molecule has 0 saturated heterocycles. The summed E-state index contributed by atoms with van der Waals surface area (Å²) < 4.78 is 6.60. The fourth-order valence-corrected chi connectivity index (χ4v) is 2.70. The molecule has 1 heterocycles. The maximum Gasteiger partial charge on any atom is 0.323 e. The number of ether oxygens (including phenoxy) is 1. The summed E-state index contributed by atoms with van der Waals surface area (Å²) in [5.74, 6) is -0.342. The Morgan fingerprint density at radius 1 is 1.53 bits per heavy atom. The monoisotopic (exact) mass is 237 g/mol. The minimum Gasteiger partial charge on any atom is -0.468 e. The first-order valence-corrected chi connectivity index (χ1v) is 5.78. The number of rotatable bonds is 3. The molecule has 1 aliphatic rings. The van der Waals surface area contributed by atoms with Crippen molar-refractivity contribution in [3.05, 3.63) is 17.0 Å². The van der Waals surface area contributed by atoms with Gasteiger partial charge in [0.25, 0.3) is 0 Å². The van der Waals surface area contributed by atoms with E-state index >= 15 is 0 Å². The van der Waals surface area contributed by atoms with E-state index in [1.165, 1.54) is 7.11 Å². The van der Waals surface area contributed by atoms with Gasteiger partial charge in [-0.15, -0.1) is 0 Å². The van der Waals surface area contributed by atoms with E-state index in [-0.39, 0.29) is 11.4 Å². The summed E-state index contributed by atoms with van der Waals surface area (Å²) in [4.78, 5) is 11.6. The molecule has 0 bridgehead atoms. The number of aromatic nitrogens is 2. The van der Waals surface area contributed by atoms with Crippen LogP contribution in [-0.4, -0.2) is 28.9 Å². The molecular weight excluding hydrogens is 218 g/mol. The molecule has 0 radical (unpaired) electrons. The number of carbonyl (C=O) groups is 1. The quantitative estimate of drug-likeness (QED) is 0.780. The minimum absolute atomic E-state index is 0.254. The molecule has 1 atom stereocenters. The Bertz CT molecular complexity index is 461. The first kappa shape index (κ1) is 12.1. The lowest BCUT2D eigenvalue weighted by molar-refractivity contribution is -0.143. The predicted molar refractivity (Wildman–Crippen MR) is 63.6 cm³/mol. The molecule has 2 rings (SSSR count). The Balaban J connectivity index is 2.42. The van der Waals surface area contributed by atoms with Gasteiger partial charge in [0.2, 0.25) is 0 Å². The predicted octanol–water partition coefficient (Wildman–Crippen LogP) is 0.569. The number of methoxy groups -OCH3 is 1. The van der Waals surface area contributed by atoms with Gasteiger partial charge in [-0.1, -0.05) is 0 Å². The normalized spacial score (nSPS) is 18.9. The van der Waals surface area contributed by atoms with E-state index in [2.05, 4.69) is 5.10 Å². The van der Waals surface area contributed by atoms with Crippen molar-refractivity contribution < 1.29 is 9.53 Å². The zero-order valence-electron chi connectivity index (χ0n) is 10.8. The molecule has 1 aromatic heterocycles. The summed E-state index contributed by atoms with van der Waals surface area (Å²) in [6.07, 6.45) is 1.85. The average Bonchev–Trinajstić information content (AvgIpc) is 3.03. The number of carbonyl (C=O) groups excluding carboxylic acids is 1. The Kier molecular flexibility index (Phi) is 2.73. The maximum atomic E-state index is 11.6. The molecule has 0 aliphatic heterocycles. The Morgan fingerprint density at radius 3 is 2.47 bits per heavy atom. The highest BCUT2D eigenvalue weighted by atomic mass is 16.5. The third-order valence-electron chi connectivity index (χ3n) is 3.85. The van der Waals surface area contributed by atoms with Crippen LogP contribution in [0.4, 0.5) is 0 Å². The number of nitrogens with zero attached hydrogens (tertiary/aromatic N) is 2. The smallest absolute Gasteiger partial charge is 0.323 e. The summed E-state index contributed by atoms with van der Waals surface area (Å²) >= 11 is 0. The van der Waals surface area contributed by atoms with Crippen LogP contribution in [0, 0.1) is 13.8 Å². The van der Waals surface area contributed by atoms with Crippen molar-refractivity contribution in [2.24, 2.45) is 12.8 Å². The van der Waals surface area contributed by atoms with Crippen LogP contribution in [0.25, 0.3) is 0 Å². The summed E-state index contributed by atoms with van der Waals surface area (Å²) in [5, 5.41) is 4.39. The van der Waals surface area contributed by atoms with Gasteiger partial charge in [-0.25, -0.2) is 0 Å². The van der Waals surface area contributed by atoms with E-state index in [4.69, 9.17) is 10.5 Å². The molecule has 1 fully saturated rings. The van der Waals surface area contributed by atoms with Crippen LogP contribution < -0.4 is 5.73 Å². The zero-order chi connectivity index (χ0) is 12.8. The van der Waals surface area contributed by atoms with Gasteiger partial charge in [0, 0.05) is 23.7 Å². The number of nitrogens with two attached hydrogens (primary N) is 1. The Morgan fingerprint density at radius 2 is 2.12 bits per heavy atom. The fourth-order valence-electron chi connectivity index (χ4n) is 2.70. The van der Waals surface area contributed by atoms with Crippen LogP contribution in [0.2, 0.25) is 0 Å². The van der Waals surface area contributed by atoms with E-state index in [1.807, 2.05) is 25.6 Å². The lowest BCUT2D eigenvalue weighted by atomic mass is 9.87. The van der Waals surface area contributed by atoms with Gasteiger partial charge in [0.05, 0.1) is 12.8 Å². The second kappa shape index (κ2) is 3.84. The zero-order valence-corrected chi connectivity index (χ0v) is 10.8. The first-order valence-electron chi connectivity index (χ1n) is 5.78. The molecule has 5 heteroatoms. The molecule has 0 aromatic carbocycles. The van der Waals surface area contributed by atoms with E-state index in [0.717, 1.165) is 29.8 Å². The molecule has 1 unspecified atom stereocenters. The second-order valence-corrected chi connectivity index (χ2v) is 4.83. The van der Waals surface area contributed by atoms with Crippen LogP contribution in [0.15, 0.2) is 0 Å². The van der Waals surface area contributed by atoms with Crippen molar-refractivity contribution in [3.63, 3.8) is 0 Å². The molecule has 17 heavy (non-hydrogen) atoms. The van der Waals surface area contributed by atoms with Gasteiger partial charge in [-0.2, -0.15) is 5.10 Å². The number of aryl methyl sites for hydroxylation is 2. The van der Waals surface area contributed by atoms with Gasteiger partial charge >= 0.3 is 5.97 Å². The van der Waals surface area contributed by atoms with Gasteiger partial charge < -0.3 is 10.5 Å². The van der Waals surface area contributed by atoms with E-state index in [9.17, 15) is 4.79 Å². The molecule has 1 aliphatic carbocycles. The van der Waals surface area contributed by atoms with Crippen LogP contribution in [0.1, 0.15) is 29.8 Å². The highest BCUT2D eigenvalue weighted by molar-refractivity contribution is 5.79. The SMILES string of the molecule is COC(=O)C(N)C1(c2c(C)nn(C)c2C)CC1. The first-order chi connectivity index (χ1) is 7.94. The van der Waals surface area contributed by atoms with Crippen molar-refractivity contribution in [2.75, 3.05) is 7.11 Å². The van der Waals surface area contributed by atoms with Gasteiger partial charge in [0.1, 0.15) is 6.04 Å². The van der Waals surface area contributed by atoms with Crippen molar-refractivity contribution >= 4 is 5.97 Å². The largest absolute Gasteiger partial charge is 0.468 e. The molecule has 0 amide bonds. The summed E-state index contributed by atoms with van der Waals surface area (Å²) in [7, 11) is 3.28. The average molecular weight is 237 g/mol. The number of esters is 1. The van der Waals surface area contributed by atoms with Crippen LogP contribution in [0.3, 0.4) is 0 Å². The number of hydrogen-bond acceptors (Lipinski definition) is 4. The Labute approximate surface area is 101 Å². The molecule has 2 N–H and O–H groups in total. The topological polar surface area (TPSA) is 70.1 Å². The third kappa shape index (κ3) is 1.65.